The molecule has 0 aliphatic rings. The predicted molar refractivity (Wildman–Crippen MR) is 54.8 cm³/mol. The van der Waals surface area contributed by atoms with Crippen LogP contribution in [0.25, 0.3) is 0 Å². The Morgan fingerprint density at radius 2 is 2.00 bits per heavy atom. The van der Waals surface area contributed by atoms with Gasteiger partial charge in [-0.1, -0.05) is 13.3 Å². The number of quaternary nitrogens is 1. The van der Waals surface area contributed by atoms with Gasteiger partial charge >= 0.3 is 0 Å². The van der Waals surface area contributed by atoms with Gasteiger partial charge in [-0.2, -0.15) is 0 Å². The van der Waals surface area contributed by atoms with Crippen LogP contribution in [0.1, 0.15) is 33.1 Å². The number of nitrogens with one attached hydrogen (secondary N) is 2. The SMILES string of the molecule is CCCC(CC[NH+](C)C)NC(C)=O. The Balaban J connectivity index is 3.72. The number of carbonyl (C=O) groups is 1. The molecule has 3 heteroatoms. The Hall–Kier alpha value is -0.570. The molecule has 0 aromatic carbocycles. The molecule has 0 bridgehead atoms. The lowest BCUT2D eigenvalue weighted by Gasteiger charge is -2.17. The van der Waals surface area contributed by atoms with Crippen molar-refractivity contribution in [1.82, 2.24) is 5.32 Å². The quantitative estimate of drug-likeness (QED) is 0.594. The van der Waals surface area contributed by atoms with Crippen molar-refractivity contribution in [3.63, 3.8) is 0 Å². The van der Waals surface area contributed by atoms with E-state index in [0.717, 1.165) is 25.8 Å². The number of hydrogen-bond donors (Lipinski definition) is 2. The predicted octanol–water partition coefficient (Wildman–Crippen LogP) is -0.174. The summed E-state index contributed by atoms with van der Waals surface area (Å²) in [5.41, 5.74) is 0. The molecule has 13 heavy (non-hydrogen) atoms. The zero-order chi connectivity index (χ0) is 10.3. The molecule has 0 saturated carbocycles. The minimum absolute atomic E-state index is 0.0900. The zero-order valence-electron chi connectivity index (χ0n) is 9.31. The monoisotopic (exact) mass is 187 g/mol. The standard InChI is InChI=1S/C10H22N2O/c1-5-6-10(11-9(2)13)7-8-12(3)4/h10H,5-8H2,1-4H3,(H,11,13)/p+1. The topological polar surface area (TPSA) is 33.5 Å². The summed E-state index contributed by atoms with van der Waals surface area (Å²) in [5.74, 6) is 0.0900. The first-order valence-electron chi connectivity index (χ1n) is 5.12. The van der Waals surface area contributed by atoms with E-state index >= 15 is 0 Å². The highest BCUT2D eigenvalue weighted by Crippen LogP contribution is 1.99. The molecule has 1 amide bonds. The molecule has 78 valence electrons. The van der Waals surface area contributed by atoms with Crippen LogP contribution in [0.15, 0.2) is 0 Å². The van der Waals surface area contributed by atoms with Crippen LogP contribution in [0, 0.1) is 0 Å². The van der Waals surface area contributed by atoms with Gasteiger partial charge in [-0.3, -0.25) is 4.79 Å². The highest BCUT2D eigenvalue weighted by Gasteiger charge is 2.09. The molecule has 0 rings (SSSR count). The highest BCUT2D eigenvalue weighted by molar-refractivity contribution is 5.73. The number of carbonyl (C=O) groups excluding carboxylic acids is 1. The maximum atomic E-state index is 10.9. The molecule has 0 aromatic heterocycles. The lowest BCUT2D eigenvalue weighted by molar-refractivity contribution is -0.858. The van der Waals surface area contributed by atoms with Gasteiger partial charge in [-0.05, 0) is 6.42 Å². The van der Waals surface area contributed by atoms with Crippen molar-refractivity contribution in [2.45, 2.75) is 39.2 Å². The summed E-state index contributed by atoms with van der Waals surface area (Å²) < 4.78 is 0. The fourth-order valence-electron chi connectivity index (χ4n) is 1.39. The smallest absolute Gasteiger partial charge is 0.217 e. The van der Waals surface area contributed by atoms with Crippen molar-refractivity contribution < 1.29 is 9.69 Å². The Labute approximate surface area is 81.5 Å². The Morgan fingerprint density at radius 1 is 1.38 bits per heavy atom. The first-order valence-corrected chi connectivity index (χ1v) is 5.12. The van der Waals surface area contributed by atoms with Crippen LogP contribution in [-0.2, 0) is 4.79 Å². The van der Waals surface area contributed by atoms with Gasteiger partial charge in [0.1, 0.15) is 0 Å². The minimum atomic E-state index is 0.0900. The third-order valence-corrected chi connectivity index (χ3v) is 2.04. The second-order valence-corrected chi connectivity index (χ2v) is 3.93. The summed E-state index contributed by atoms with van der Waals surface area (Å²) in [6, 6.07) is 0.373. The van der Waals surface area contributed by atoms with Crippen molar-refractivity contribution in [3.05, 3.63) is 0 Å². The van der Waals surface area contributed by atoms with E-state index in [1.54, 1.807) is 6.92 Å². The zero-order valence-corrected chi connectivity index (χ0v) is 9.31. The van der Waals surface area contributed by atoms with Crippen LogP contribution in [0.3, 0.4) is 0 Å². The first-order chi connectivity index (χ1) is 6.06. The molecule has 0 aliphatic heterocycles. The van der Waals surface area contributed by atoms with E-state index in [9.17, 15) is 4.79 Å². The van der Waals surface area contributed by atoms with Crippen LogP contribution in [0.2, 0.25) is 0 Å². The number of rotatable bonds is 6. The molecule has 0 fully saturated rings. The fraction of sp³-hybridized carbons (Fsp3) is 0.900. The molecule has 0 spiro atoms. The van der Waals surface area contributed by atoms with Gasteiger partial charge in [-0.25, -0.2) is 0 Å². The van der Waals surface area contributed by atoms with E-state index in [2.05, 4.69) is 26.3 Å². The third-order valence-electron chi connectivity index (χ3n) is 2.04. The molecular weight excluding hydrogens is 164 g/mol. The van der Waals surface area contributed by atoms with Crippen molar-refractivity contribution in [1.29, 1.82) is 0 Å². The van der Waals surface area contributed by atoms with E-state index in [1.807, 2.05) is 0 Å². The molecule has 0 radical (unpaired) electrons. The summed E-state index contributed by atoms with van der Waals surface area (Å²) in [5, 5.41) is 2.98. The molecule has 3 nitrogen and oxygen atoms in total. The Morgan fingerprint density at radius 3 is 2.38 bits per heavy atom. The van der Waals surface area contributed by atoms with E-state index < -0.39 is 0 Å². The van der Waals surface area contributed by atoms with Crippen LogP contribution in [-0.4, -0.2) is 32.6 Å². The van der Waals surface area contributed by atoms with Crippen molar-refractivity contribution in [3.8, 4) is 0 Å². The maximum absolute atomic E-state index is 10.9. The van der Waals surface area contributed by atoms with Gasteiger partial charge in [-0.15, -0.1) is 0 Å². The normalized spacial score (nSPS) is 13.0. The highest BCUT2D eigenvalue weighted by atomic mass is 16.1. The fourth-order valence-corrected chi connectivity index (χ4v) is 1.39. The largest absolute Gasteiger partial charge is 0.353 e. The van der Waals surface area contributed by atoms with Gasteiger partial charge < -0.3 is 10.2 Å². The molecule has 1 unspecified atom stereocenters. The van der Waals surface area contributed by atoms with Crippen LogP contribution in [0.5, 0.6) is 0 Å². The van der Waals surface area contributed by atoms with Gasteiger partial charge in [0.25, 0.3) is 0 Å². The Kier molecular flexibility index (Phi) is 6.59. The van der Waals surface area contributed by atoms with Crippen LogP contribution in [0.4, 0.5) is 0 Å². The van der Waals surface area contributed by atoms with Crippen molar-refractivity contribution >= 4 is 5.91 Å². The van der Waals surface area contributed by atoms with E-state index in [1.165, 1.54) is 4.90 Å². The van der Waals surface area contributed by atoms with Gasteiger partial charge in [0.2, 0.25) is 5.91 Å². The second kappa shape index (κ2) is 6.89. The lowest BCUT2D eigenvalue weighted by Crippen LogP contribution is -3.05. The van der Waals surface area contributed by atoms with Crippen LogP contribution >= 0.6 is 0 Å². The maximum Gasteiger partial charge on any atom is 0.217 e. The molecule has 0 heterocycles. The number of amides is 1. The lowest BCUT2D eigenvalue weighted by atomic mass is 10.1. The molecule has 0 aliphatic carbocycles. The van der Waals surface area contributed by atoms with Crippen LogP contribution < -0.4 is 10.2 Å². The van der Waals surface area contributed by atoms with Gasteiger partial charge in [0.05, 0.1) is 20.6 Å². The second-order valence-electron chi connectivity index (χ2n) is 3.93. The summed E-state index contributed by atoms with van der Waals surface area (Å²) in [6.07, 6.45) is 3.30. The van der Waals surface area contributed by atoms with Crippen molar-refractivity contribution in [2.75, 3.05) is 20.6 Å². The molecule has 0 aromatic rings. The van der Waals surface area contributed by atoms with Gasteiger partial charge in [0.15, 0.2) is 0 Å². The molecule has 1 atom stereocenters. The Bertz CT molecular complexity index is 146. The molecule has 2 N–H and O–H groups in total. The van der Waals surface area contributed by atoms with Crippen molar-refractivity contribution in [2.24, 2.45) is 0 Å². The van der Waals surface area contributed by atoms with E-state index in [-0.39, 0.29) is 5.91 Å². The van der Waals surface area contributed by atoms with E-state index in [0.29, 0.717) is 6.04 Å². The van der Waals surface area contributed by atoms with E-state index in [4.69, 9.17) is 0 Å². The average Bonchev–Trinajstić information content (AvgIpc) is 1.99. The minimum Gasteiger partial charge on any atom is -0.353 e. The first kappa shape index (κ1) is 12.4. The summed E-state index contributed by atoms with van der Waals surface area (Å²) in [6.45, 7) is 4.85. The third kappa shape index (κ3) is 7.78. The summed E-state index contributed by atoms with van der Waals surface area (Å²) in [4.78, 5) is 12.3. The summed E-state index contributed by atoms with van der Waals surface area (Å²) in [7, 11) is 4.27. The molecule has 0 saturated heterocycles. The van der Waals surface area contributed by atoms with Gasteiger partial charge in [0, 0.05) is 19.4 Å². The molecular formula is C10H23N2O+. The summed E-state index contributed by atoms with van der Waals surface area (Å²) >= 11 is 0. The average molecular weight is 187 g/mol. The number of hydrogen-bond acceptors (Lipinski definition) is 1.